The topological polar surface area (TPSA) is 12.4 Å². The van der Waals surface area contributed by atoms with Crippen molar-refractivity contribution in [1.82, 2.24) is 0 Å². The molecular weight excluding hydrogens is 655 g/mol. The predicted molar refractivity (Wildman–Crippen MR) is 227 cm³/mol. The van der Waals surface area contributed by atoms with E-state index in [1.807, 2.05) is 30.4 Å². The normalized spacial score (nSPS) is 14.6. The third-order valence-electron chi connectivity index (χ3n) is 9.51. The van der Waals surface area contributed by atoms with E-state index in [9.17, 15) is 0 Å². The van der Waals surface area contributed by atoms with Crippen molar-refractivity contribution >= 4 is 72.0 Å². The number of hydrogen-bond donors (Lipinski definition) is 0. The van der Waals surface area contributed by atoms with Crippen LogP contribution in [0.3, 0.4) is 0 Å². The Hall–Kier alpha value is -5.35. The molecule has 1 aliphatic rings. The van der Waals surface area contributed by atoms with Gasteiger partial charge in [-0.3, -0.25) is 0 Å². The molecule has 3 heteroatoms. The molecular formula is C48H41NS2. The highest BCUT2D eigenvalue weighted by molar-refractivity contribution is 7.20. The fourth-order valence-corrected chi connectivity index (χ4v) is 9.48. The molecule has 7 rings (SSSR count). The standard InChI is InChI=1S/C48H41NS2/c1-7-18-34(8-2)31(4)27-44(35-19-11-10-12-20-35)49-33(6)36-28-37(39(9-3)47-32(5)40-21-13-15-25-45(40)50-47)30-38(29-36)41-23-17-24-43-42-22-14-16-26-46(42)51-48(41)43/h7-16,18-23,25-30H,3,5-6,17,24H2,1-2,4H3/b18-7-,31-27+,34-8+,47-39-,49-44?. The zero-order valence-corrected chi connectivity index (χ0v) is 31.1. The van der Waals surface area contributed by atoms with E-state index in [0.29, 0.717) is 5.70 Å². The maximum atomic E-state index is 5.28. The molecule has 0 aliphatic heterocycles. The zero-order valence-electron chi connectivity index (χ0n) is 29.5. The minimum Gasteiger partial charge on any atom is -0.248 e. The first-order chi connectivity index (χ1) is 24.9. The highest BCUT2D eigenvalue weighted by Gasteiger charge is 2.21. The van der Waals surface area contributed by atoms with E-state index in [0.717, 1.165) is 67.3 Å². The van der Waals surface area contributed by atoms with E-state index in [-0.39, 0.29) is 0 Å². The van der Waals surface area contributed by atoms with Gasteiger partial charge in [-0.1, -0.05) is 117 Å². The molecule has 0 unspecified atom stereocenters. The van der Waals surface area contributed by atoms with Crippen molar-refractivity contribution < 1.29 is 0 Å². The lowest BCUT2D eigenvalue weighted by Crippen LogP contribution is -2.19. The molecule has 0 saturated heterocycles. The fraction of sp³-hybridized carbons (Fsp3) is 0.104. The molecule has 250 valence electrons. The van der Waals surface area contributed by atoms with Gasteiger partial charge in [-0.15, -0.1) is 22.7 Å². The van der Waals surface area contributed by atoms with E-state index in [1.54, 1.807) is 11.3 Å². The van der Waals surface area contributed by atoms with Gasteiger partial charge in [0, 0.05) is 29.9 Å². The van der Waals surface area contributed by atoms with Gasteiger partial charge in [0.1, 0.15) is 0 Å². The Morgan fingerprint density at radius 1 is 0.804 bits per heavy atom. The Kier molecular flexibility index (Phi) is 9.94. The van der Waals surface area contributed by atoms with Crippen LogP contribution >= 0.6 is 22.7 Å². The summed E-state index contributed by atoms with van der Waals surface area (Å²) < 4.78 is 3.69. The van der Waals surface area contributed by atoms with E-state index < -0.39 is 0 Å². The molecule has 2 heterocycles. The predicted octanol–water partition coefficient (Wildman–Crippen LogP) is 12.2. The Morgan fingerprint density at radius 3 is 2.20 bits per heavy atom. The summed E-state index contributed by atoms with van der Waals surface area (Å²) >= 11 is 3.66. The quantitative estimate of drug-likeness (QED) is 0.105. The van der Waals surface area contributed by atoms with Gasteiger partial charge < -0.3 is 0 Å². The van der Waals surface area contributed by atoms with Gasteiger partial charge in [0.05, 0.1) is 11.4 Å². The molecule has 4 aromatic carbocycles. The monoisotopic (exact) mass is 695 g/mol. The van der Waals surface area contributed by atoms with Gasteiger partial charge in [-0.25, -0.2) is 4.99 Å². The van der Waals surface area contributed by atoms with Crippen LogP contribution in [0.15, 0.2) is 163 Å². The molecule has 2 aromatic heterocycles. The zero-order chi connectivity index (χ0) is 35.5. The van der Waals surface area contributed by atoms with E-state index in [2.05, 4.69) is 155 Å². The van der Waals surface area contributed by atoms with Crippen LogP contribution in [0.25, 0.3) is 43.6 Å². The van der Waals surface area contributed by atoms with Gasteiger partial charge in [-0.2, -0.15) is 0 Å². The van der Waals surface area contributed by atoms with Gasteiger partial charge in [0.2, 0.25) is 0 Å². The van der Waals surface area contributed by atoms with E-state index in [1.165, 1.54) is 36.2 Å². The number of rotatable bonds is 9. The van der Waals surface area contributed by atoms with Gasteiger partial charge in [0.15, 0.2) is 0 Å². The number of allylic oxidation sites excluding steroid dienone is 8. The van der Waals surface area contributed by atoms with Crippen LogP contribution in [0.5, 0.6) is 0 Å². The molecule has 51 heavy (non-hydrogen) atoms. The van der Waals surface area contributed by atoms with Gasteiger partial charge in [-0.05, 0) is 125 Å². The number of aliphatic imine (C=N–C) groups is 1. The Bertz CT molecular complexity index is 2600. The molecule has 0 amide bonds. The summed E-state index contributed by atoms with van der Waals surface area (Å²) in [4.78, 5) is 6.64. The van der Waals surface area contributed by atoms with Crippen LogP contribution in [-0.2, 0) is 6.42 Å². The van der Waals surface area contributed by atoms with Gasteiger partial charge >= 0.3 is 0 Å². The SMILES string of the molecule is C=C/C(c1cc(C(=C)N=C(/C=C(C)/C(/C=C\C)=C/C)c2ccccc2)cc(C2=CCCc3c2sc2ccccc32)c1)=c1/sc2ccccc2c1=C. The van der Waals surface area contributed by atoms with Crippen LogP contribution in [0, 0.1) is 0 Å². The molecule has 6 aromatic rings. The first-order valence-electron chi connectivity index (χ1n) is 17.4. The third-order valence-corrected chi connectivity index (χ3v) is 12.0. The summed E-state index contributed by atoms with van der Waals surface area (Å²) in [6.07, 6.45) is 15.0. The second-order valence-electron chi connectivity index (χ2n) is 12.8. The number of fused-ring (bicyclic) bond motifs is 4. The van der Waals surface area contributed by atoms with Crippen LogP contribution in [0.4, 0.5) is 0 Å². The van der Waals surface area contributed by atoms with Crippen molar-refractivity contribution in [2.24, 2.45) is 4.99 Å². The highest BCUT2D eigenvalue weighted by Crippen LogP contribution is 2.43. The number of hydrogen-bond acceptors (Lipinski definition) is 3. The molecule has 1 aliphatic carbocycles. The highest BCUT2D eigenvalue weighted by atomic mass is 32.1. The first kappa shape index (κ1) is 34.1. The smallest absolute Gasteiger partial charge is 0.0712 e. The van der Waals surface area contributed by atoms with Crippen molar-refractivity contribution in [3.8, 4) is 0 Å². The van der Waals surface area contributed by atoms with Crippen molar-refractivity contribution in [1.29, 1.82) is 0 Å². The van der Waals surface area contributed by atoms with Gasteiger partial charge in [0.25, 0.3) is 0 Å². The number of benzene rings is 4. The molecule has 0 radical (unpaired) electrons. The Labute approximate surface area is 309 Å². The molecule has 0 bridgehead atoms. The van der Waals surface area contributed by atoms with Crippen LogP contribution in [0.2, 0.25) is 0 Å². The average molecular weight is 696 g/mol. The van der Waals surface area contributed by atoms with Crippen molar-refractivity contribution in [3.05, 3.63) is 200 Å². The summed E-state index contributed by atoms with van der Waals surface area (Å²) in [5, 5.41) is 3.58. The molecule has 1 nitrogen and oxygen atoms in total. The van der Waals surface area contributed by atoms with Crippen molar-refractivity contribution in [2.75, 3.05) is 0 Å². The minimum atomic E-state index is 0.705. The second kappa shape index (κ2) is 14.9. The second-order valence-corrected chi connectivity index (χ2v) is 14.9. The molecule has 0 spiro atoms. The largest absolute Gasteiger partial charge is 0.248 e. The molecule has 0 atom stereocenters. The third kappa shape index (κ3) is 6.76. The van der Waals surface area contributed by atoms with Crippen LogP contribution < -0.4 is 9.75 Å². The Balaban J connectivity index is 1.45. The summed E-state index contributed by atoms with van der Waals surface area (Å²) in [6.45, 7) is 19.7. The molecule has 0 N–H and O–H groups in total. The van der Waals surface area contributed by atoms with E-state index >= 15 is 0 Å². The van der Waals surface area contributed by atoms with Crippen molar-refractivity contribution in [3.63, 3.8) is 0 Å². The maximum absolute atomic E-state index is 5.28. The lowest BCUT2D eigenvalue weighted by molar-refractivity contribution is 0.998. The van der Waals surface area contributed by atoms with Crippen LogP contribution in [-0.4, -0.2) is 5.71 Å². The maximum Gasteiger partial charge on any atom is 0.0712 e. The van der Waals surface area contributed by atoms with E-state index in [4.69, 9.17) is 4.99 Å². The van der Waals surface area contributed by atoms with Crippen LogP contribution in [0.1, 0.15) is 59.9 Å². The van der Waals surface area contributed by atoms with Crippen molar-refractivity contribution in [2.45, 2.75) is 33.6 Å². The fourth-order valence-electron chi connectivity index (χ4n) is 6.95. The Morgan fingerprint density at radius 2 is 1.49 bits per heavy atom. The lowest BCUT2D eigenvalue weighted by atomic mass is 9.89. The summed E-state index contributed by atoms with van der Waals surface area (Å²) in [5.41, 5.74) is 11.9. The average Bonchev–Trinajstić information content (AvgIpc) is 3.71. The summed E-state index contributed by atoms with van der Waals surface area (Å²) in [7, 11) is 0. The molecule has 0 saturated carbocycles. The minimum absolute atomic E-state index is 0.705. The lowest BCUT2D eigenvalue weighted by Gasteiger charge is -2.17. The number of aryl methyl sites for hydroxylation is 1. The first-order valence-corrected chi connectivity index (χ1v) is 19.0. The summed E-state index contributed by atoms with van der Waals surface area (Å²) in [6, 6.07) is 34.5. The summed E-state index contributed by atoms with van der Waals surface area (Å²) in [5.74, 6) is 0. The number of nitrogens with zero attached hydrogens (tertiary/aromatic N) is 1. The number of thiophene rings is 2. The molecule has 0 fully saturated rings.